The van der Waals surface area contributed by atoms with E-state index in [0.29, 0.717) is 10.0 Å². The SMILES string of the molecule is C[C@@]1(c2ccccc2)C[C@@H](c2ccc(Cl)c(Cl)c2)Nc2c(O)cccc21. The molecule has 1 heterocycles. The molecule has 3 aromatic carbocycles. The molecule has 4 heteroatoms. The number of fused-ring (bicyclic) bond motifs is 1. The molecule has 1 aliphatic rings. The van der Waals surface area contributed by atoms with E-state index in [1.54, 1.807) is 6.07 Å². The van der Waals surface area contributed by atoms with Gasteiger partial charge in [0.15, 0.2) is 0 Å². The molecule has 2 N–H and O–H groups in total. The third-order valence-corrected chi connectivity index (χ3v) is 6.06. The molecule has 0 aromatic heterocycles. The van der Waals surface area contributed by atoms with E-state index in [9.17, 15) is 5.11 Å². The molecule has 0 saturated carbocycles. The van der Waals surface area contributed by atoms with Crippen LogP contribution in [0.4, 0.5) is 5.69 Å². The summed E-state index contributed by atoms with van der Waals surface area (Å²) in [4.78, 5) is 0. The van der Waals surface area contributed by atoms with Crippen molar-refractivity contribution in [3.05, 3.63) is 93.5 Å². The van der Waals surface area contributed by atoms with Crippen LogP contribution >= 0.6 is 23.2 Å². The van der Waals surface area contributed by atoms with Crippen molar-refractivity contribution in [3.63, 3.8) is 0 Å². The van der Waals surface area contributed by atoms with Crippen molar-refractivity contribution in [2.45, 2.75) is 24.8 Å². The largest absolute Gasteiger partial charge is 0.506 e. The van der Waals surface area contributed by atoms with Gasteiger partial charge in [0.2, 0.25) is 0 Å². The molecule has 0 amide bonds. The second kappa shape index (κ2) is 6.53. The molecule has 0 aliphatic carbocycles. The average molecular weight is 384 g/mol. The first kappa shape index (κ1) is 17.3. The van der Waals surface area contributed by atoms with Crippen LogP contribution in [0, 0.1) is 0 Å². The standard InChI is InChI=1S/C22H19Cl2NO/c1-22(15-6-3-2-4-7-15)13-19(14-10-11-17(23)18(24)12-14)25-21-16(22)8-5-9-20(21)26/h2-12,19,25-26H,13H2,1H3/t19-,22-/m0/s1. The van der Waals surface area contributed by atoms with Crippen LogP contribution in [-0.2, 0) is 5.41 Å². The Balaban J connectivity index is 1.87. The summed E-state index contributed by atoms with van der Waals surface area (Å²) < 4.78 is 0. The Kier molecular flexibility index (Phi) is 4.34. The van der Waals surface area contributed by atoms with E-state index in [-0.39, 0.29) is 17.2 Å². The van der Waals surface area contributed by atoms with E-state index in [1.165, 1.54) is 5.56 Å². The number of rotatable bonds is 2. The number of hydrogen-bond acceptors (Lipinski definition) is 2. The van der Waals surface area contributed by atoms with Gasteiger partial charge in [-0.2, -0.15) is 0 Å². The molecular weight excluding hydrogens is 365 g/mol. The maximum absolute atomic E-state index is 10.5. The molecule has 2 atom stereocenters. The summed E-state index contributed by atoms with van der Waals surface area (Å²) >= 11 is 12.3. The molecule has 132 valence electrons. The van der Waals surface area contributed by atoms with E-state index in [0.717, 1.165) is 23.2 Å². The van der Waals surface area contributed by atoms with Gasteiger partial charge in [-0.1, -0.05) is 78.7 Å². The second-order valence-electron chi connectivity index (χ2n) is 6.97. The van der Waals surface area contributed by atoms with Gasteiger partial charge in [0.25, 0.3) is 0 Å². The summed E-state index contributed by atoms with van der Waals surface area (Å²) in [5, 5.41) is 15.1. The molecule has 0 saturated heterocycles. The summed E-state index contributed by atoms with van der Waals surface area (Å²) in [6.07, 6.45) is 0.839. The lowest BCUT2D eigenvalue weighted by Gasteiger charge is -2.42. The van der Waals surface area contributed by atoms with Crippen molar-refractivity contribution in [1.29, 1.82) is 0 Å². The van der Waals surface area contributed by atoms with Crippen LogP contribution in [0.5, 0.6) is 5.75 Å². The molecule has 0 bridgehead atoms. The van der Waals surface area contributed by atoms with Crippen molar-refractivity contribution in [2.75, 3.05) is 5.32 Å². The lowest BCUT2D eigenvalue weighted by Crippen LogP contribution is -2.34. The van der Waals surface area contributed by atoms with Gasteiger partial charge < -0.3 is 10.4 Å². The number of hydrogen-bond donors (Lipinski definition) is 2. The zero-order chi connectivity index (χ0) is 18.3. The Labute approximate surface area is 163 Å². The van der Waals surface area contributed by atoms with E-state index >= 15 is 0 Å². The normalized spacial score (nSPS) is 21.7. The maximum atomic E-state index is 10.5. The highest BCUT2D eigenvalue weighted by molar-refractivity contribution is 6.42. The first-order chi connectivity index (χ1) is 12.5. The van der Waals surface area contributed by atoms with Crippen molar-refractivity contribution < 1.29 is 5.11 Å². The minimum atomic E-state index is -0.239. The first-order valence-electron chi connectivity index (χ1n) is 8.58. The monoisotopic (exact) mass is 383 g/mol. The molecule has 0 unspecified atom stereocenters. The van der Waals surface area contributed by atoms with Crippen LogP contribution in [0.1, 0.15) is 36.1 Å². The highest BCUT2D eigenvalue weighted by Crippen LogP contribution is 2.50. The molecule has 2 nitrogen and oxygen atoms in total. The summed E-state index contributed by atoms with van der Waals surface area (Å²) in [7, 11) is 0. The Morgan fingerprint density at radius 3 is 2.46 bits per heavy atom. The molecule has 0 fully saturated rings. The highest BCUT2D eigenvalue weighted by atomic mass is 35.5. The van der Waals surface area contributed by atoms with Crippen LogP contribution < -0.4 is 5.32 Å². The third kappa shape index (κ3) is 2.84. The number of phenols is 1. The number of anilines is 1. The molecule has 1 aliphatic heterocycles. The average Bonchev–Trinajstić information content (AvgIpc) is 2.65. The lowest BCUT2D eigenvalue weighted by molar-refractivity contribution is 0.438. The zero-order valence-corrected chi connectivity index (χ0v) is 15.9. The van der Waals surface area contributed by atoms with Crippen molar-refractivity contribution in [3.8, 4) is 5.75 Å². The van der Waals surface area contributed by atoms with Crippen molar-refractivity contribution >= 4 is 28.9 Å². The topological polar surface area (TPSA) is 32.3 Å². The number of aromatic hydroxyl groups is 1. The summed E-state index contributed by atoms with van der Waals surface area (Å²) in [5.41, 5.74) is 3.91. The van der Waals surface area contributed by atoms with Crippen molar-refractivity contribution in [2.24, 2.45) is 0 Å². The van der Waals surface area contributed by atoms with E-state index in [2.05, 4.69) is 42.6 Å². The minimum absolute atomic E-state index is 0.00997. The molecule has 0 spiro atoms. The van der Waals surface area contributed by atoms with Gasteiger partial charge in [0.1, 0.15) is 5.75 Å². The van der Waals surface area contributed by atoms with Crippen molar-refractivity contribution in [1.82, 2.24) is 0 Å². The first-order valence-corrected chi connectivity index (χ1v) is 9.34. The summed E-state index contributed by atoms with van der Waals surface area (Å²) in [5.74, 6) is 0.259. The van der Waals surface area contributed by atoms with Gasteiger partial charge in [-0.05, 0) is 41.3 Å². The Hall–Kier alpha value is -2.16. The predicted molar refractivity (Wildman–Crippen MR) is 108 cm³/mol. The molecule has 0 radical (unpaired) electrons. The fourth-order valence-electron chi connectivity index (χ4n) is 3.90. The number of para-hydroxylation sites is 1. The fourth-order valence-corrected chi connectivity index (χ4v) is 4.21. The highest BCUT2D eigenvalue weighted by Gasteiger charge is 2.39. The van der Waals surface area contributed by atoms with E-state index in [1.807, 2.05) is 30.3 Å². The van der Waals surface area contributed by atoms with Crippen LogP contribution in [0.3, 0.4) is 0 Å². The van der Waals surface area contributed by atoms with Gasteiger partial charge in [0, 0.05) is 5.41 Å². The molecule has 3 aromatic rings. The van der Waals surface area contributed by atoms with Gasteiger partial charge in [-0.3, -0.25) is 0 Å². The van der Waals surface area contributed by atoms with Gasteiger partial charge in [0.05, 0.1) is 21.8 Å². The van der Waals surface area contributed by atoms with Crippen LogP contribution in [0.15, 0.2) is 66.7 Å². The van der Waals surface area contributed by atoms with Gasteiger partial charge in [-0.25, -0.2) is 0 Å². The Morgan fingerprint density at radius 2 is 1.73 bits per heavy atom. The Morgan fingerprint density at radius 1 is 0.962 bits per heavy atom. The number of halogens is 2. The predicted octanol–water partition coefficient (Wildman–Crippen LogP) is 6.56. The van der Waals surface area contributed by atoms with E-state index < -0.39 is 0 Å². The van der Waals surface area contributed by atoms with Crippen LogP contribution in [-0.4, -0.2) is 5.11 Å². The number of benzene rings is 3. The Bertz CT molecular complexity index is 958. The number of nitrogens with one attached hydrogen (secondary N) is 1. The summed E-state index contributed by atoms with van der Waals surface area (Å²) in [6, 6.07) is 21.8. The minimum Gasteiger partial charge on any atom is -0.506 e. The second-order valence-corrected chi connectivity index (χ2v) is 7.79. The fraction of sp³-hybridized carbons (Fsp3) is 0.182. The number of phenolic OH excluding ortho intramolecular Hbond substituents is 1. The smallest absolute Gasteiger partial charge is 0.139 e. The third-order valence-electron chi connectivity index (χ3n) is 5.32. The van der Waals surface area contributed by atoms with E-state index in [4.69, 9.17) is 23.2 Å². The zero-order valence-electron chi connectivity index (χ0n) is 14.3. The maximum Gasteiger partial charge on any atom is 0.139 e. The molecular formula is C22H19Cl2NO. The van der Waals surface area contributed by atoms with Crippen LogP contribution in [0.25, 0.3) is 0 Å². The van der Waals surface area contributed by atoms with Crippen LogP contribution in [0.2, 0.25) is 10.0 Å². The molecule has 26 heavy (non-hydrogen) atoms. The lowest BCUT2D eigenvalue weighted by atomic mass is 9.68. The van der Waals surface area contributed by atoms with Gasteiger partial charge in [-0.15, -0.1) is 0 Å². The molecule has 4 rings (SSSR count). The quantitative estimate of drug-likeness (QED) is 0.490. The van der Waals surface area contributed by atoms with Gasteiger partial charge >= 0.3 is 0 Å². The summed E-state index contributed by atoms with van der Waals surface area (Å²) in [6.45, 7) is 2.23.